The van der Waals surface area contributed by atoms with Crippen molar-refractivity contribution in [1.29, 1.82) is 0 Å². The lowest BCUT2D eigenvalue weighted by molar-refractivity contribution is -0.143. The third kappa shape index (κ3) is 4.29. The van der Waals surface area contributed by atoms with E-state index in [0.717, 1.165) is 12.8 Å². The number of carboxylic acids is 1. The van der Waals surface area contributed by atoms with Gasteiger partial charge in [-0.2, -0.15) is 0 Å². The minimum absolute atomic E-state index is 0.106. The average Bonchev–Trinajstić information content (AvgIpc) is 2.35. The Morgan fingerprint density at radius 1 is 1.28 bits per heavy atom. The number of carbonyl (C=O) groups is 2. The van der Waals surface area contributed by atoms with Gasteiger partial charge in [-0.05, 0) is 37.5 Å². The van der Waals surface area contributed by atoms with E-state index in [1.165, 1.54) is 0 Å². The molecule has 0 aromatic heterocycles. The van der Waals surface area contributed by atoms with Crippen LogP contribution in [-0.4, -0.2) is 29.6 Å². The third-order valence-electron chi connectivity index (χ3n) is 3.78. The van der Waals surface area contributed by atoms with E-state index in [-0.39, 0.29) is 17.7 Å². The maximum atomic E-state index is 11.7. The Kier molecular flexibility index (Phi) is 5.59. The first kappa shape index (κ1) is 15.0. The molecule has 1 atom stereocenters. The molecule has 0 aliphatic heterocycles. The van der Waals surface area contributed by atoms with E-state index in [0.29, 0.717) is 25.3 Å². The topological polar surface area (TPSA) is 92.4 Å². The molecule has 0 bridgehead atoms. The van der Waals surface area contributed by atoms with Crippen LogP contribution in [-0.2, 0) is 9.59 Å². The van der Waals surface area contributed by atoms with Gasteiger partial charge in [0.1, 0.15) is 0 Å². The molecule has 0 radical (unpaired) electrons. The summed E-state index contributed by atoms with van der Waals surface area (Å²) in [6.45, 7) is 4.45. The molecule has 0 saturated heterocycles. The zero-order chi connectivity index (χ0) is 13.7. The van der Waals surface area contributed by atoms with Gasteiger partial charge in [0.25, 0.3) is 0 Å². The molecule has 1 aliphatic carbocycles. The van der Waals surface area contributed by atoms with Crippen molar-refractivity contribution in [2.24, 2.45) is 23.5 Å². The van der Waals surface area contributed by atoms with Gasteiger partial charge in [0.05, 0.1) is 12.0 Å². The van der Waals surface area contributed by atoms with Crippen molar-refractivity contribution in [1.82, 2.24) is 5.32 Å². The zero-order valence-corrected chi connectivity index (χ0v) is 11.2. The number of amides is 1. The predicted molar refractivity (Wildman–Crippen MR) is 68.9 cm³/mol. The van der Waals surface area contributed by atoms with Crippen molar-refractivity contribution >= 4 is 11.9 Å². The van der Waals surface area contributed by atoms with E-state index in [1.54, 1.807) is 0 Å². The largest absolute Gasteiger partial charge is 0.481 e. The molecule has 0 spiro atoms. The van der Waals surface area contributed by atoms with Crippen molar-refractivity contribution in [3.63, 3.8) is 0 Å². The highest BCUT2D eigenvalue weighted by molar-refractivity contribution is 5.81. The summed E-state index contributed by atoms with van der Waals surface area (Å²) in [5.74, 6) is -0.476. The molecule has 0 aromatic carbocycles. The Hall–Kier alpha value is -1.10. The third-order valence-corrected chi connectivity index (χ3v) is 3.78. The van der Waals surface area contributed by atoms with Crippen LogP contribution in [0.2, 0.25) is 0 Å². The van der Waals surface area contributed by atoms with Crippen LogP contribution in [0.3, 0.4) is 0 Å². The fourth-order valence-electron chi connectivity index (χ4n) is 2.28. The lowest BCUT2D eigenvalue weighted by atomic mass is 9.82. The molecule has 1 rings (SSSR count). The minimum atomic E-state index is -0.695. The summed E-state index contributed by atoms with van der Waals surface area (Å²) in [4.78, 5) is 22.5. The number of nitrogens with one attached hydrogen (secondary N) is 1. The van der Waals surface area contributed by atoms with Crippen molar-refractivity contribution in [2.45, 2.75) is 45.6 Å². The van der Waals surface area contributed by atoms with Gasteiger partial charge in [0, 0.05) is 6.54 Å². The van der Waals surface area contributed by atoms with E-state index in [2.05, 4.69) is 5.32 Å². The summed E-state index contributed by atoms with van der Waals surface area (Å²) in [7, 11) is 0. The maximum absolute atomic E-state index is 11.7. The van der Waals surface area contributed by atoms with Crippen molar-refractivity contribution in [2.75, 3.05) is 6.54 Å². The highest BCUT2D eigenvalue weighted by atomic mass is 16.4. The van der Waals surface area contributed by atoms with E-state index in [9.17, 15) is 9.59 Å². The Morgan fingerprint density at radius 2 is 1.83 bits per heavy atom. The molecule has 104 valence electrons. The summed E-state index contributed by atoms with van der Waals surface area (Å²) in [6.07, 6.45) is 3.17. The van der Waals surface area contributed by atoms with Gasteiger partial charge in [0.2, 0.25) is 5.91 Å². The summed E-state index contributed by atoms with van der Waals surface area (Å²) in [5.41, 5.74) is 5.75. The first-order valence-corrected chi connectivity index (χ1v) is 6.68. The minimum Gasteiger partial charge on any atom is -0.481 e. The number of rotatable bonds is 5. The van der Waals surface area contributed by atoms with Crippen molar-refractivity contribution in [3.05, 3.63) is 0 Å². The molecule has 18 heavy (non-hydrogen) atoms. The molecule has 0 heterocycles. The first-order valence-electron chi connectivity index (χ1n) is 6.68. The molecule has 1 amide bonds. The van der Waals surface area contributed by atoms with E-state index in [1.807, 2.05) is 13.8 Å². The zero-order valence-electron chi connectivity index (χ0n) is 11.2. The summed E-state index contributed by atoms with van der Waals surface area (Å²) in [5, 5.41) is 11.8. The smallest absolute Gasteiger partial charge is 0.306 e. The van der Waals surface area contributed by atoms with Crippen LogP contribution in [0.15, 0.2) is 0 Å². The molecular weight excluding hydrogens is 232 g/mol. The number of hydrogen-bond acceptors (Lipinski definition) is 3. The fraction of sp³-hybridized carbons (Fsp3) is 0.846. The van der Waals surface area contributed by atoms with Gasteiger partial charge >= 0.3 is 5.97 Å². The number of hydrogen-bond donors (Lipinski definition) is 3. The highest BCUT2D eigenvalue weighted by Crippen LogP contribution is 2.28. The van der Waals surface area contributed by atoms with Crippen LogP contribution in [0.5, 0.6) is 0 Å². The van der Waals surface area contributed by atoms with E-state index in [4.69, 9.17) is 10.8 Å². The molecule has 1 saturated carbocycles. The Balaban J connectivity index is 2.26. The molecule has 1 fully saturated rings. The summed E-state index contributed by atoms with van der Waals surface area (Å²) < 4.78 is 0. The number of carbonyl (C=O) groups excluding carboxylic acids is 1. The normalized spacial score (nSPS) is 25.8. The number of aliphatic carboxylic acids is 1. The van der Waals surface area contributed by atoms with Crippen LogP contribution in [0, 0.1) is 17.8 Å². The summed E-state index contributed by atoms with van der Waals surface area (Å²) >= 11 is 0. The number of nitrogens with two attached hydrogens (primary N) is 1. The average molecular weight is 256 g/mol. The molecule has 4 N–H and O–H groups in total. The Labute approximate surface area is 108 Å². The van der Waals surface area contributed by atoms with E-state index >= 15 is 0 Å². The van der Waals surface area contributed by atoms with Gasteiger partial charge in [-0.3, -0.25) is 9.59 Å². The Bertz CT molecular complexity index is 297. The molecular formula is C13H24N2O3. The maximum Gasteiger partial charge on any atom is 0.306 e. The van der Waals surface area contributed by atoms with Crippen LogP contribution >= 0.6 is 0 Å². The molecule has 1 unspecified atom stereocenters. The molecule has 5 nitrogen and oxygen atoms in total. The monoisotopic (exact) mass is 256 g/mol. The van der Waals surface area contributed by atoms with Crippen molar-refractivity contribution in [3.8, 4) is 0 Å². The second kappa shape index (κ2) is 6.73. The van der Waals surface area contributed by atoms with Gasteiger partial charge in [-0.25, -0.2) is 0 Å². The van der Waals surface area contributed by atoms with Gasteiger partial charge in [-0.1, -0.05) is 13.8 Å². The molecule has 1 aliphatic rings. The molecule has 0 aromatic rings. The lowest BCUT2D eigenvalue weighted by Crippen LogP contribution is -2.45. The quantitative estimate of drug-likeness (QED) is 0.683. The second-order valence-electron chi connectivity index (χ2n) is 5.57. The standard InChI is InChI=1S/C13H24N2O3/c1-8(2)11(14)12(16)15-7-9-3-5-10(6-4-9)13(17)18/h8-11H,3-7,14H2,1-2H3,(H,15,16)(H,17,18). The lowest BCUT2D eigenvalue weighted by Gasteiger charge is -2.26. The van der Waals surface area contributed by atoms with Crippen LogP contribution in [0.25, 0.3) is 0 Å². The molecule has 5 heteroatoms. The van der Waals surface area contributed by atoms with Crippen LogP contribution in [0.4, 0.5) is 0 Å². The highest BCUT2D eigenvalue weighted by Gasteiger charge is 2.26. The SMILES string of the molecule is CC(C)C(N)C(=O)NCC1CCC(C(=O)O)CC1. The van der Waals surface area contributed by atoms with E-state index < -0.39 is 12.0 Å². The van der Waals surface area contributed by atoms with Gasteiger partial charge in [0.15, 0.2) is 0 Å². The number of carboxylic acid groups (broad SMARTS) is 1. The van der Waals surface area contributed by atoms with Gasteiger partial charge < -0.3 is 16.2 Å². The second-order valence-corrected chi connectivity index (χ2v) is 5.57. The van der Waals surface area contributed by atoms with Gasteiger partial charge in [-0.15, -0.1) is 0 Å². The van der Waals surface area contributed by atoms with Crippen LogP contribution in [0.1, 0.15) is 39.5 Å². The fourth-order valence-corrected chi connectivity index (χ4v) is 2.28. The first-order chi connectivity index (χ1) is 8.41. The van der Waals surface area contributed by atoms with Crippen molar-refractivity contribution < 1.29 is 14.7 Å². The Morgan fingerprint density at radius 3 is 2.28 bits per heavy atom. The summed E-state index contributed by atoms with van der Waals surface area (Å²) in [6, 6.07) is -0.458. The van der Waals surface area contributed by atoms with Crippen LogP contribution < -0.4 is 11.1 Å². The predicted octanol–water partition coefficient (Wildman–Crippen LogP) is 0.977.